The molecule has 23 heavy (non-hydrogen) atoms. The molecular formula is C19H29NO3. The van der Waals surface area contributed by atoms with Gasteiger partial charge in [0, 0.05) is 19.1 Å². The molecule has 1 aromatic carbocycles. The van der Waals surface area contributed by atoms with Gasteiger partial charge in [0.15, 0.2) is 11.5 Å². The van der Waals surface area contributed by atoms with Crippen LogP contribution in [0.4, 0.5) is 0 Å². The van der Waals surface area contributed by atoms with E-state index < -0.39 is 0 Å². The Morgan fingerprint density at radius 3 is 2.48 bits per heavy atom. The fourth-order valence-corrected chi connectivity index (χ4v) is 3.70. The second kappa shape index (κ2) is 7.54. The van der Waals surface area contributed by atoms with E-state index in [0.717, 1.165) is 24.6 Å². The molecule has 128 valence electrons. The third-order valence-corrected chi connectivity index (χ3v) is 4.82. The molecule has 1 aliphatic heterocycles. The van der Waals surface area contributed by atoms with Crippen LogP contribution in [0.1, 0.15) is 39.5 Å². The average Bonchev–Trinajstić information content (AvgIpc) is 2.50. The SMILES string of the molecule is COc1ccccc1OC1CN(C2CCCC(OC(C)C)C2)C1. The van der Waals surface area contributed by atoms with E-state index >= 15 is 0 Å². The van der Waals surface area contributed by atoms with E-state index in [9.17, 15) is 0 Å². The first-order chi connectivity index (χ1) is 11.2. The summed E-state index contributed by atoms with van der Waals surface area (Å²) in [6.45, 7) is 6.28. The highest BCUT2D eigenvalue weighted by atomic mass is 16.5. The maximum absolute atomic E-state index is 6.09. The van der Waals surface area contributed by atoms with E-state index in [0.29, 0.717) is 18.2 Å². The molecule has 1 saturated heterocycles. The molecule has 1 heterocycles. The van der Waals surface area contributed by atoms with Gasteiger partial charge in [-0.1, -0.05) is 12.1 Å². The van der Waals surface area contributed by atoms with Crippen LogP contribution >= 0.6 is 0 Å². The van der Waals surface area contributed by atoms with E-state index in [2.05, 4.69) is 18.7 Å². The number of ether oxygens (including phenoxy) is 3. The Labute approximate surface area is 139 Å². The molecule has 2 fully saturated rings. The minimum atomic E-state index is 0.276. The summed E-state index contributed by atoms with van der Waals surface area (Å²) in [5.41, 5.74) is 0. The lowest BCUT2D eigenvalue weighted by Crippen LogP contribution is -2.59. The van der Waals surface area contributed by atoms with Gasteiger partial charge in [0.2, 0.25) is 0 Å². The molecular weight excluding hydrogens is 290 g/mol. The summed E-state index contributed by atoms with van der Waals surface area (Å²) in [5, 5.41) is 0. The summed E-state index contributed by atoms with van der Waals surface area (Å²) in [6, 6.07) is 8.54. The Morgan fingerprint density at radius 2 is 1.78 bits per heavy atom. The second-order valence-electron chi connectivity index (χ2n) is 6.97. The van der Waals surface area contributed by atoms with Crippen molar-refractivity contribution in [3.63, 3.8) is 0 Å². The van der Waals surface area contributed by atoms with Crippen LogP contribution in [0.25, 0.3) is 0 Å². The number of hydrogen-bond donors (Lipinski definition) is 0. The normalized spacial score (nSPS) is 26.1. The highest BCUT2D eigenvalue weighted by Gasteiger charge is 2.36. The number of hydrogen-bond acceptors (Lipinski definition) is 4. The van der Waals surface area contributed by atoms with Crippen LogP contribution in [0.3, 0.4) is 0 Å². The topological polar surface area (TPSA) is 30.9 Å². The van der Waals surface area contributed by atoms with Crippen molar-refractivity contribution in [3.05, 3.63) is 24.3 Å². The predicted molar refractivity (Wildman–Crippen MR) is 91.2 cm³/mol. The van der Waals surface area contributed by atoms with Crippen molar-refractivity contribution in [2.24, 2.45) is 0 Å². The van der Waals surface area contributed by atoms with Gasteiger partial charge < -0.3 is 14.2 Å². The fourth-order valence-electron chi connectivity index (χ4n) is 3.70. The highest BCUT2D eigenvalue weighted by molar-refractivity contribution is 5.39. The zero-order chi connectivity index (χ0) is 16.2. The number of benzene rings is 1. The Bertz CT molecular complexity index is 499. The number of likely N-dealkylation sites (tertiary alicyclic amines) is 1. The Balaban J connectivity index is 1.47. The van der Waals surface area contributed by atoms with Crippen molar-refractivity contribution in [1.29, 1.82) is 0 Å². The molecule has 1 aliphatic carbocycles. The van der Waals surface area contributed by atoms with Gasteiger partial charge in [-0.25, -0.2) is 0 Å². The first-order valence-electron chi connectivity index (χ1n) is 8.85. The van der Waals surface area contributed by atoms with Gasteiger partial charge in [-0.2, -0.15) is 0 Å². The zero-order valence-electron chi connectivity index (χ0n) is 14.5. The smallest absolute Gasteiger partial charge is 0.161 e. The van der Waals surface area contributed by atoms with Crippen molar-refractivity contribution in [3.8, 4) is 11.5 Å². The Kier molecular flexibility index (Phi) is 5.44. The van der Waals surface area contributed by atoms with E-state index in [1.807, 2.05) is 24.3 Å². The predicted octanol–water partition coefficient (Wildman–Crippen LogP) is 3.49. The molecule has 4 nitrogen and oxygen atoms in total. The molecule has 2 atom stereocenters. The molecule has 3 rings (SSSR count). The number of para-hydroxylation sites is 2. The quantitative estimate of drug-likeness (QED) is 0.803. The third kappa shape index (κ3) is 4.18. The maximum Gasteiger partial charge on any atom is 0.161 e. The Hall–Kier alpha value is -1.26. The van der Waals surface area contributed by atoms with Gasteiger partial charge in [0.1, 0.15) is 6.10 Å². The molecule has 2 aliphatic rings. The number of rotatable bonds is 6. The summed E-state index contributed by atoms with van der Waals surface area (Å²) in [4.78, 5) is 2.55. The molecule has 2 unspecified atom stereocenters. The van der Waals surface area contributed by atoms with Gasteiger partial charge >= 0.3 is 0 Å². The van der Waals surface area contributed by atoms with Gasteiger partial charge in [-0.05, 0) is 51.7 Å². The Morgan fingerprint density at radius 1 is 1.04 bits per heavy atom. The van der Waals surface area contributed by atoms with Crippen LogP contribution in [-0.2, 0) is 4.74 Å². The lowest BCUT2D eigenvalue weighted by molar-refractivity contribution is -0.0661. The summed E-state index contributed by atoms with van der Waals surface area (Å²) < 4.78 is 17.5. The molecule has 1 saturated carbocycles. The van der Waals surface area contributed by atoms with Crippen molar-refractivity contribution >= 4 is 0 Å². The molecule has 1 aromatic rings. The van der Waals surface area contributed by atoms with Crippen LogP contribution in [-0.4, -0.2) is 49.5 Å². The van der Waals surface area contributed by atoms with Crippen LogP contribution in [0.5, 0.6) is 11.5 Å². The van der Waals surface area contributed by atoms with Crippen molar-refractivity contribution in [1.82, 2.24) is 4.90 Å². The largest absolute Gasteiger partial charge is 0.493 e. The summed E-state index contributed by atoms with van der Waals surface area (Å²) in [6.07, 6.45) is 5.98. The van der Waals surface area contributed by atoms with Gasteiger partial charge in [0.25, 0.3) is 0 Å². The molecule has 0 spiro atoms. The molecule has 0 bridgehead atoms. The third-order valence-electron chi connectivity index (χ3n) is 4.82. The summed E-state index contributed by atoms with van der Waals surface area (Å²) in [5.74, 6) is 1.67. The van der Waals surface area contributed by atoms with Crippen LogP contribution in [0, 0.1) is 0 Å². The second-order valence-corrected chi connectivity index (χ2v) is 6.97. The van der Waals surface area contributed by atoms with Gasteiger partial charge in [0.05, 0.1) is 19.3 Å². The van der Waals surface area contributed by atoms with Crippen LogP contribution < -0.4 is 9.47 Å². The van der Waals surface area contributed by atoms with E-state index in [4.69, 9.17) is 14.2 Å². The standard InChI is InChI=1S/C19H29NO3/c1-14(2)22-16-8-6-7-15(11-16)20-12-17(13-20)23-19-10-5-4-9-18(19)21-3/h4-5,9-10,14-17H,6-8,11-13H2,1-3H3. The van der Waals surface area contributed by atoms with E-state index in [1.165, 1.54) is 25.7 Å². The summed E-state index contributed by atoms with van der Waals surface area (Å²) in [7, 11) is 1.69. The summed E-state index contributed by atoms with van der Waals surface area (Å²) >= 11 is 0. The lowest BCUT2D eigenvalue weighted by atomic mass is 9.89. The molecule has 0 radical (unpaired) electrons. The van der Waals surface area contributed by atoms with Crippen molar-refractivity contribution in [2.45, 2.75) is 63.9 Å². The first-order valence-corrected chi connectivity index (χ1v) is 8.85. The molecule has 4 heteroatoms. The maximum atomic E-state index is 6.09. The zero-order valence-corrected chi connectivity index (χ0v) is 14.5. The van der Waals surface area contributed by atoms with E-state index in [-0.39, 0.29) is 6.10 Å². The molecule has 0 N–H and O–H groups in total. The number of methoxy groups -OCH3 is 1. The van der Waals surface area contributed by atoms with Crippen LogP contribution in [0.2, 0.25) is 0 Å². The van der Waals surface area contributed by atoms with Crippen molar-refractivity contribution < 1.29 is 14.2 Å². The average molecular weight is 319 g/mol. The lowest BCUT2D eigenvalue weighted by Gasteiger charge is -2.46. The van der Waals surface area contributed by atoms with Gasteiger partial charge in [-0.3, -0.25) is 4.90 Å². The molecule has 0 aromatic heterocycles. The van der Waals surface area contributed by atoms with Crippen LogP contribution in [0.15, 0.2) is 24.3 Å². The van der Waals surface area contributed by atoms with E-state index in [1.54, 1.807) is 7.11 Å². The molecule has 0 amide bonds. The van der Waals surface area contributed by atoms with Crippen molar-refractivity contribution in [2.75, 3.05) is 20.2 Å². The monoisotopic (exact) mass is 319 g/mol. The number of nitrogens with zero attached hydrogens (tertiary/aromatic N) is 1. The van der Waals surface area contributed by atoms with Gasteiger partial charge in [-0.15, -0.1) is 0 Å². The minimum Gasteiger partial charge on any atom is -0.493 e. The fraction of sp³-hybridized carbons (Fsp3) is 0.684. The highest BCUT2D eigenvalue weighted by Crippen LogP contribution is 2.32. The first kappa shape index (κ1) is 16.6. The minimum absolute atomic E-state index is 0.276.